The summed E-state index contributed by atoms with van der Waals surface area (Å²) >= 11 is 0. The number of aryl methyl sites for hydroxylation is 2. The zero-order valence-electron chi connectivity index (χ0n) is 14.7. The maximum Gasteiger partial charge on any atom is 0.265 e. The van der Waals surface area contributed by atoms with E-state index in [1.54, 1.807) is 26.2 Å². The first kappa shape index (κ1) is 16.3. The average Bonchev–Trinajstić information content (AvgIpc) is 3.26. The fourth-order valence-corrected chi connectivity index (χ4v) is 3.26. The van der Waals surface area contributed by atoms with Gasteiger partial charge in [0.05, 0.1) is 17.4 Å². The van der Waals surface area contributed by atoms with Crippen LogP contribution in [0.4, 0.5) is 11.5 Å². The second kappa shape index (κ2) is 6.29. The molecule has 0 aliphatic carbocycles. The summed E-state index contributed by atoms with van der Waals surface area (Å²) in [4.78, 5) is 35.7. The van der Waals surface area contributed by atoms with Crippen molar-refractivity contribution in [2.24, 2.45) is 7.05 Å². The van der Waals surface area contributed by atoms with Gasteiger partial charge in [0.2, 0.25) is 5.71 Å². The quantitative estimate of drug-likeness (QED) is 0.775. The summed E-state index contributed by atoms with van der Waals surface area (Å²) in [6.45, 7) is 3.70. The summed E-state index contributed by atoms with van der Waals surface area (Å²) in [5.74, 6) is 0.335. The number of fused-ring (bicyclic) bond motifs is 1. The SMILES string of the molecule is Cc1oc2ncn(C)c(=O)c2c1C(=O)Nc1ccc(N2CCCC2)cn1. The maximum atomic E-state index is 12.7. The third-order valence-electron chi connectivity index (χ3n) is 4.64. The molecule has 3 aromatic heterocycles. The number of carbonyl (C=O) groups is 1. The first-order chi connectivity index (χ1) is 12.5. The average molecular weight is 353 g/mol. The summed E-state index contributed by atoms with van der Waals surface area (Å²) in [7, 11) is 1.58. The number of hydrogen-bond donors (Lipinski definition) is 1. The number of furan rings is 1. The third-order valence-corrected chi connectivity index (χ3v) is 4.64. The van der Waals surface area contributed by atoms with E-state index in [1.165, 1.54) is 23.7 Å². The van der Waals surface area contributed by atoms with Gasteiger partial charge in [-0.15, -0.1) is 0 Å². The van der Waals surface area contributed by atoms with E-state index in [-0.39, 0.29) is 22.2 Å². The van der Waals surface area contributed by atoms with Gasteiger partial charge in [-0.2, -0.15) is 0 Å². The lowest BCUT2D eigenvalue weighted by atomic mass is 10.2. The van der Waals surface area contributed by atoms with Crippen molar-refractivity contribution in [3.63, 3.8) is 0 Å². The van der Waals surface area contributed by atoms with E-state index in [4.69, 9.17) is 4.42 Å². The zero-order chi connectivity index (χ0) is 18.3. The molecule has 8 heteroatoms. The maximum absolute atomic E-state index is 12.7. The highest BCUT2D eigenvalue weighted by molar-refractivity contribution is 6.12. The molecule has 0 aromatic carbocycles. The Labute approximate surface area is 149 Å². The second-order valence-corrected chi connectivity index (χ2v) is 6.42. The summed E-state index contributed by atoms with van der Waals surface area (Å²) in [5, 5.41) is 2.92. The molecule has 4 heterocycles. The number of hydrogen-bond acceptors (Lipinski definition) is 6. The van der Waals surface area contributed by atoms with Crippen molar-refractivity contribution < 1.29 is 9.21 Å². The number of anilines is 2. The highest BCUT2D eigenvalue weighted by atomic mass is 16.3. The minimum atomic E-state index is -0.437. The Hall–Kier alpha value is -3.16. The van der Waals surface area contributed by atoms with Gasteiger partial charge >= 0.3 is 0 Å². The molecule has 0 bridgehead atoms. The first-order valence-electron chi connectivity index (χ1n) is 8.51. The molecule has 3 aromatic rings. The highest BCUT2D eigenvalue weighted by Gasteiger charge is 2.23. The molecule has 0 spiro atoms. The van der Waals surface area contributed by atoms with Crippen molar-refractivity contribution in [2.75, 3.05) is 23.3 Å². The van der Waals surface area contributed by atoms with Gasteiger partial charge in [0.15, 0.2) is 0 Å². The van der Waals surface area contributed by atoms with E-state index in [9.17, 15) is 9.59 Å². The lowest BCUT2D eigenvalue weighted by Crippen LogP contribution is -2.21. The Morgan fingerprint density at radius 1 is 1.23 bits per heavy atom. The molecule has 1 aliphatic rings. The molecule has 0 unspecified atom stereocenters. The number of nitrogens with zero attached hydrogens (tertiary/aromatic N) is 4. The molecule has 1 amide bonds. The van der Waals surface area contributed by atoms with E-state index in [0.717, 1.165) is 18.8 Å². The highest BCUT2D eigenvalue weighted by Crippen LogP contribution is 2.23. The minimum Gasteiger partial charge on any atom is -0.442 e. The molecule has 1 saturated heterocycles. The van der Waals surface area contributed by atoms with Crippen molar-refractivity contribution in [3.8, 4) is 0 Å². The number of pyridine rings is 1. The summed E-state index contributed by atoms with van der Waals surface area (Å²) in [6.07, 6.45) is 5.50. The van der Waals surface area contributed by atoms with Crippen LogP contribution in [0.25, 0.3) is 11.1 Å². The van der Waals surface area contributed by atoms with Gasteiger partial charge in [-0.05, 0) is 31.9 Å². The predicted octanol–water partition coefficient (Wildman–Crippen LogP) is 2.08. The van der Waals surface area contributed by atoms with Crippen LogP contribution in [0.2, 0.25) is 0 Å². The van der Waals surface area contributed by atoms with Crippen LogP contribution in [-0.4, -0.2) is 33.5 Å². The Kier molecular flexibility index (Phi) is 3.95. The molecule has 26 heavy (non-hydrogen) atoms. The van der Waals surface area contributed by atoms with E-state index in [0.29, 0.717) is 11.6 Å². The lowest BCUT2D eigenvalue weighted by molar-refractivity contribution is 0.102. The van der Waals surface area contributed by atoms with Crippen LogP contribution < -0.4 is 15.8 Å². The first-order valence-corrected chi connectivity index (χ1v) is 8.51. The van der Waals surface area contributed by atoms with Crippen molar-refractivity contribution in [1.82, 2.24) is 14.5 Å². The molecule has 1 fully saturated rings. The minimum absolute atomic E-state index is 0.160. The summed E-state index contributed by atoms with van der Waals surface area (Å²) in [6, 6.07) is 3.70. The zero-order valence-corrected chi connectivity index (χ0v) is 14.7. The van der Waals surface area contributed by atoms with Gasteiger partial charge in [0.1, 0.15) is 23.3 Å². The van der Waals surface area contributed by atoms with Crippen LogP contribution in [0.3, 0.4) is 0 Å². The molecule has 1 N–H and O–H groups in total. The van der Waals surface area contributed by atoms with Crippen LogP contribution in [0, 0.1) is 6.92 Å². The standard InChI is InChI=1S/C18H19N5O3/c1-11-14(15-17(26-11)20-10-22(2)18(15)25)16(24)21-13-6-5-12(9-19-13)23-7-3-4-8-23/h5-6,9-10H,3-4,7-8H2,1-2H3,(H,19,21,24). The van der Waals surface area contributed by atoms with Gasteiger partial charge in [-0.1, -0.05) is 0 Å². The van der Waals surface area contributed by atoms with Crippen molar-refractivity contribution in [2.45, 2.75) is 19.8 Å². The van der Waals surface area contributed by atoms with E-state index >= 15 is 0 Å². The van der Waals surface area contributed by atoms with E-state index in [2.05, 4.69) is 20.2 Å². The van der Waals surface area contributed by atoms with E-state index < -0.39 is 5.91 Å². The van der Waals surface area contributed by atoms with Crippen molar-refractivity contribution in [1.29, 1.82) is 0 Å². The Bertz CT molecular complexity index is 1030. The number of carbonyl (C=O) groups excluding carboxylic acids is 1. The largest absolute Gasteiger partial charge is 0.442 e. The van der Waals surface area contributed by atoms with Crippen molar-refractivity contribution in [3.05, 3.63) is 46.3 Å². The monoisotopic (exact) mass is 353 g/mol. The number of nitrogens with one attached hydrogen (secondary N) is 1. The van der Waals surface area contributed by atoms with E-state index in [1.807, 2.05) is 6.07 Å². The lowest BCUT2D eigenvalue weighted by Gasteiger charge is -2.17. The fraction of sp³-hybridized carbons (Fsp3) is 0.333. The smallest absolute Gasteiger partial charge is 0.265 e. The van der Waals surface area contributed by atoms with Crippen LogP contribution in [0.5, 0.6) is 0 Å². The molecule has 134 valence electrons. The fourth-order valence-electron chi connectivity index (χ4n) is 3.26. The third kappa shape index (κ3) is 2.73. The second-order valence-electron chi connectivity index (χ2n) is 6.42. The normalized spacial score (nSPS) is 14.2. The van der Waals surface area contributed by atoms with Crippen LogP contribution >= 0.6 is 0 Å². The molecule has 0 radical (unpaired) electrons. The predicted molar refractivity (Wildman–Crippen MR) is 97.6 cm³/mol. The number of amides is 1. The Morgan fingerprint density at radius 3 is 2.69 bits per heavy atom. The summed E-state index contributed by atoms with van der Waals surface area (Å²) < 4.78 is 6.78. The summed E-state index contributed by atoms with van der Waals surface area (Å²) in [5.41, 5.74) is 1.07. The number of rotatable bonds is 3. The van der Waals surface area contributed by atoms with Crippen LogP contribution in [0.1, 0.15) is 29.0 Å². The molecule has 8 nitrogen and oxygen atoms in total. The Morgan fingerprint density at radius 2 is 2.00 bits per heavy atom. The molecule has 0 saturated carbocycles. The van der Waals surface area contributed by atoms with Crippen molar-refractivity contribution >= 4 is 28.5 Å². The number of aromatic nitrogens is 3. The van der Waals surface area contributed by atoms with Gasteiger partial charge < -0.3 is 19.2 Å². The van der Waals surface area contributed by atoms with Crippen LogP contribution in [-0.2, 0) is 7.05 Å². The van der Waals surface area contributed by atoms with Gasteiger partial charge in [-0.25, -0.2) is 9.97 Å². The molecular formula is C18H19N5O3. The molecular weight excluding hydrogens is 334 g/mol. The molecule has 4 rings (SSSR count). The molecule has 0 atom stereocenters. The molecule has 1 aliphatic heterocycles. The Balaban J connectivity index is 1.62. The van der Waals surface area contributed by atoms with Crippen LogP contribution in [0.15, 0.2) is 33.9 Å². The topological polar surface area (TPSA) is 93.3 Å². The van der Waals surface area contributed by atoms with Gasteiger partial charge in [0, 0.05) is 20.1 Å². The van der Waals surface area contributed by atoms with Gasteiger partial charge in [0.25, 0.3) is 11.5 Å². The van der Waals surface area contributed by atoms with Gasteiger partial charge in [-0.3, -0.25) is 9.59 Å².